The quantitative estimate of drug-likeness (QED) is 0.192. The first kappa shape index (κ1) is 25.1. The lowest BCUT2D eigenvalue weighted by atomic mass is 10.1. The van der Waals surface area contributed by atoms with Crippen LogP contribution in [0.4, 0.5) is 5.69 Å². The number of aromatic nitrogens is 2. The minimum absolute atomic E-state index is 0.0535. The number of hydrogen-bond acceptors (Lipinski definition) is 5. The van der Waals surface area contributed by atoms with Crippen LogP contribution in [0.25, 0.3) is 15.9 Å². The summed E-state index contributed by atoms with van der Waals surface area (Å²) >= 11 is 20.8. The molecule has 0 radical (unpaired) electrons. The van der Waals surface area contributed by atoms with Crippen molar-refractivity contribution in [3.8, 4) is 5.69 Å². The van der Waals surface area contributed by atoms with Crippen molar-refractivity contribution in [3.05, 3.63) is 78.3 Å². The van der Waals surface area contributed by atoms with Crippen LogP contribution < -0.4 is 10.9 Å². The summed E-state index contributed by atoms with van der Waals surface area (Å²) in [5.74, 6) is -0.202. The Hall–Kier alpha value is -2.03. The van der Waals surface area contributed by atoms with Gasteiger partial charge in [0, 0.05) is 15.6 Å². The van der Waals surface area contributed by atoms with Gasteiger partial charge < -0.3 is 5.32 Å². The highest BCUT2D eigenvalue weighted by molar-refractivity contribution is 7.99. The van der Waals surface area contributed by atoms with Crippen molar-refractivity contribution >= 4 is 79.7 Å². The zero-order valence-electron chi connectivity index (χ0n) is 18.3. The van der Waals surface area contributed by atoms with Crippen LogP contribution in [-0.4, -0.2) is 21.2 Å². The summed E-state index contributed by atoms with van der Waals surface area (Å²) in [6.45, 7) is 4.08. The Morgan fingerprint density at radius 1 is 1.12 bits per heavy atom. The molecule has 1 N–H and O–H groups in total. The molecular weight excluding hydrogens is 533 g/mol. The number of benzene rings is 2. The molecule has 0 aliphatic heterocycles. The average molecular weight is 553 g/mol. The third-order valence-electron chi connectivity index (χ3n) is 5.13. The molecule has 0 spiro atoms. The zero-order valence-corrected chi connectivity index (χ0v) is 22.2. The van der Waals surface area contributed by atoms with E-state index in [0.29, 0.717) is 41.8 Å². The number of nitrogens with zero attached hydrogens (tertiary/aromatic N) is 2. The van der Waals surface area contributed by atoms with Crippen LogP contribution in [0, 0.1) is 6.92 Å². The highest BCUT2D eigenvalue weighted by Crippen LogP contribution is 2.31. The van der Waals surface area contributed by atoms with E-state index in [4.69, 9.17) is 39.8 Å². The fourth-order valence-corrected chi connectivity index (χ4v) is 6.05. The van der Waals surface area contributed by atoms with Gasteiger partial charge in [0.25, 0.3) is 5.56 Å². The van der Waals surface area contributed by atoms with Gasteiger partial charge >= 0.3 is 0 Å². The van der Waals surface area contributed by atoms with Gasteiger partial charge in [0.2, 0.25) is 5.91 Å². The summed E-state index contributed by atoms with van der Waals surface area (Å²) in [5, 5.41) is 5.18. The normalized spacial score (nSPS) is 11.2. The average Bonchev–Trinajstić information content (AvgIpc) is 3.11. The Bertz CT molecular complexity index is 1430. The van der Waals surface area contributed by atoms with E-state index < -0.39 is 0 Å². The first-order valence-electron chi connectivity index (χ1n) is 10.5. The third kappa shape index (κ3) is 5.29. The fourth-order valence-electron chi connectivity index (χ4n) is 3.49. The van der Waals surface area contributed by atoms with Crippen LogP contribution in [0.3, 0.4) is 0 Å². The molecular formula is C24H20Cl3N3O2S2. The Kier molecular flexibility index (Phi) is 7.90. The maximum absolute atomic E-state index is 13.6. The van der Waals surface area contributed by atoms with Gasteiger partial charge in [-0.05, 0) is 61.4 Å². The molecule has 5 nitrogen and oxygen atoms in total. The lowest BCUT2D eigenvalue weighted by Crippen LogP contribution is -2.22. The Morgan fingerprint density at radius 2 is 1.85 bits per heavy atom. The molecule has 176 valence electrons. The Morgan fingerprint density at radius 3 is 2.53 bits per heavy atom. The van der Waals surface area contributed by atoms with Gasteiger partial charge in [-0.3, -0.25) is 14.2 Å². The van der Waals surface area contributed by atoms with Crippen molar-refractivity contribution in [2.45, 2.75) is 31.8 Å². The summed E-state index contributed by atoms with van der Waals surface area (Å²) < 4.78 is 1.55. The second kappa shape index (κ2) is 10.7. The van der Waals surface area contributed by atoms with Crippen molar-refractivity contribution in [3.63, 3.8) is 0 Å². The van der Waals surface area contributed by atoms with Crippen molar-refractivity contribution < 1.29 is 4.79 Å². The molecule has 1 amide bonds. The van der Waals surface area contributed by atoms with Gasteiger partial charge in [-0.15, -0.1) is 11.3 Å². The predicted molar refractivity (Wildman–Crippen MR) is 145 cm³/mol. The third-order valence-corrected chi connectivity index (χ3v) is 8.31. The van der Waals surface area contributed by atoms with Gasteiger partial charge in [0.15, 0.2) is 5.16 Å². The molecule has 0 fully saturated rings. The van der Waals surface area contributed by atoms with Gasteiger partial charge in [0.1, 0.15) is 4.83 Å². The van der Waals surface area contributed by atoms with Crippen LogP contribution in [0.5, 0.6) is 0 Å². The number of thioether (sulfide) groups is 1. The summed E-state index contributed by atoms with van der Waals surface area (Å²) in [4.78, 5) is 32.9. The van der Waals surface area contributed by atoms with Crippen molar-refractivity contribution in [1.82, 2.24) is 9.55 Å². The molecule has 0 saturated carbocycles. The molecule has 2 aromatic heterocycles. The van der Waals surface area contributed by atoms with E-state index >= 15 is 0 Å². The van der Waals surface area contributed by atoms with Crippen LogP contribution >= 0.6 is 57.9 Å². The number of nitrogens with one attached hydrogen (secondary N) is 1. The van der Waals surface area contributed by atoms with E-state index in [1.54, 1.807) is 47.0 Å². The number of rotatable bonds is 7. The smallest absolute Gasteiger partial charge is 0.267 e. The van der Waals surface area contributed by atoms with Crippen molar-refractivity contribution in [1.29, 1.82) is 0 Å². The summed E-state index contributed by atoms with van der Waals surface area (Å²) in [6.07, 6.45) is 1.87. The number of aryl methyl sites for hydroxylation is 2. The summed E-state index contributed by atoms with van der Waals surface area (Å²) in [5.41, 5.74) is 1.99. The number of hydrogen-bond donors (Lipinski definition) is 1. The number of anilines is 1. The first-order valence-corrected chi connectivity index (χ1v) is 13.4. The molecule has 0 unspecified atom stereocenters. The molecule has 0 aliphatic carbocycles. The van der Waals surface area contributed by atoms with E-state index in [-0.39, 0.29) is 17.2 Å². The number of amides is 1. The van der Waals surface area contributed by atoms with Crippen LogP contribution in [0.1, 0.15) is 23.8 Å². The number of thiophene rings is 1. The number of fused-ring (bicyclic) bond motifs is 1. The van der Waals surface area contributed by atoms with Crippen molar-refractivity contribution in [2.75, 3.05) is 11.1 Å². The van der Waals surface area contributed by atoms with E-state index in [1.807, 2.05) is 6.92 Å². The number of halogens is 3. The lowest BCUT2D eigenvalue weighted by Gasteiger charge is -2.12. The SMILES string of the molecule is CCCc1sc2nc(SCC(=O)Nc3ccc(Cl)c(Cl)c3)n(-c3ccc(Cl)cc3)c(=O)c2c1C. The maximum Gasteiger partial charge on any atom is 0.267 e. The maximum atomic E-state index is 13.6. The molecule has 0 saturated heterocycles. The second-order valence-electron chi connectivity index (χ2n) is 7.56. The second-order valence-corrected chi connectivity index (χ2v) is 10.8. The zero-order chi connectivity index (χ0) is 24.4. The Labute approximate surface area is 220 Å². The molecule has 0 bridgehead atoms. The van der Waals surface area contributed by atoms with Crippen LogP contribution in [-0.2, 0) is 11.2 Å². The van der Waals surface area contributed by atoms with Gasteiger partial charge in [0.05, 0.1) is 26.9 Å². The molecule has 4 rings (SSSR count). The number of carbonyl (C=O) groups excluding carboxylic acids is 1. The molecule has 2 aromatic carbocycles. The van der Waals surface area contributed by atoms with Crippen LogP contribution in [0.15, 0.2) is 52.4 Å². The highest BCUT2D eigenvalue weighted by atomic mass is 35.5. The molecule has 34 heavy (non-hydrogen) atoms. The molecule has 0 aliphatic rings. The van der Waals surface area contributed by atoms with E-state index in [9.17, 15) is 9.59 Å². The standard InChI is InChI=1S/C24H20Cl3N3O2S2/c1-3-4-19-13(2)21-22(34-19)29-24(30(23(21)32)16-8-5-14(25)6-9-16)33-12-20(31)28-15-7-10-17(26)18(27)11-15/h5-11H,3-4,12H2,1-2H3,(H,28,31). The topological polar surface area (TPSA) is 64.0 Å². The minimum atomic E-state index is -0.255. The van der Waals surface area contributed by atoms with E-state index in [2.05, 4.69) is 12.2 Å². The van der Waals surface area contributed by atoms with Gasteiger partial charge in [-0.2, -0.15) is 0 Å². The summed E-state index contributed by atoms with van der Waals surface area (Å²) in [6, 6.07) is 11.9. The van der Waals surface area contributed by atoms with Gasteiger partial charge in [-0.25, -0.2) is 4.98 Å². The summed E-state index contributed by atoms with van der Waals surface area (Å²) in [7, 11) is 0. The van der Waals surface area contributed by atoms with Gasteiger partial charge in [-0.1, -0.05) is 59.9 Å². The molecule has 2 heterocycles. The largest absolute Gasteiger partial charge is 0.325 e. The van der Waals surface area contributed by atoms with E-state index in [0.717, 1.165) is 23.3 Å². The Balaban J connectivity index is 1.70. The molecule has 0 atom stereocenters. The first-order chi connectivity index (χ1) is 16.3. The van der Waals surface area contributed by atoms with Crippen LogP contribution in [0.2, 0.25) is 15.1 Å². The van der Waals surface area contributed by atoms with Crippen molar-refractivity contribution in [2.24, 2.45) is 0 Å². The number of carbonyl (C=O) groups is 1. The highest BCUT2D eigenvalue weighted by Gasteiger charge is 2.20. The molecule has 10 heteroatoms. The predicted octanol–water partition coefficient (Wildman–Crippen LogP) is 7.40. The minimum Gasteiger partial charge on any atom is -0.325 e. The molecule has 4 aromatic rings. The lowest BCUT2D eigenvalue weighted by molar-refractivity contribution is -0.113. The monoisotopic (exact) mass is 551 g/mol. The van der Waals surface area contributed by atoms with E-state index in [1.165, 1.54) is 23.1 Å². The fraction of sp³-hybridized carbons (Fsp3) is 0.208.